The minimum absolute atomic E-state index is 0.200. The average molecular weight is 302 g/mol. The fraction of sp³-hybridized carbons (Fsp3) is 0.600. The first-order chi connectivity index (χ1) is 9.00. The van der Waals surface area contributed by atoms with E-state index < -0.39 is 0 Å². The summed E-state index contributed by atoms with van der Waals surface area (Å²) >= 11 is 12.3. The van der Waals surface area contributed by atoms with Crippen LogP contribution in [0.4, 0.5) is 0 Å². The molecular weight excluding hydrogens is 281 g/mol. The molecule has 1 saturated heterocycles. The van der Waals surface area contributed by atoms with E-state index in [1.165, 1.54) is 0 Å². The third-order valence-corrected chi connectivity index (χ3v) is 4.54. The summed E-state index contributed by atoms with van der Waals surface area (Å²) in [4.78, 5) is 0. The molecule has 1 aromatic carbocycles. The van der Waals surface area contributed by atoms with Gasteiger partial charge in [0.05, 0.1) is 0 Å². The van der Waals surface area contributed by atoms with Gasteiger partial charge in [-0.1, -0.05) is 30.1 Å². The van der Waals surface area contributed by atoms with E-state index in [4.69, 9.17) is 27.9 Å². The molecule has 1 atom stereocenters. The fourth-order valence-electron chi connectivity index (χ4n) is 2.40. The van der Waals surface area contributed by atoms with Gasteiger partial charge >= 0.3 is 0 Å². The van der Waals surface area contributed by atoms with Crippen LogP contribution in [0.3, 0.4) is 0 Å². The molecule has 1 fully saturated rings. The summed E-state index contributed by atoms with van der Waals surface area (Å²) in [6, 6.07) is 5.81. The Morgan fingerprint density at radius 3 is 2.68 bits per heavy atom. The van der Waals surface area contributed by atoms with Gasteiger partial charge in [0.15, 0.2) is 0 Å². The van der Waals surface area contributed by atoms with Crippen molar-refractivity contribution in [3.63, 3.8) is 0 Å². The highest BCUT2D eigenvalue weighted by Crippen LogP contribution is 2.31. The van der Waals surface area contributed by atoms with Gasteiger partial charge in [-0.25, -0.2) is 0 Å². The summed E-state index contributed by atoms with van der Waals surface area (Å²) in [6.45, 7) is 7.14. The minimum Gasteiger partial charge on any atom is -0.381 e. The Hall–Kier alpha value is -0.280. The van der Waals surface area contributed by atoms with Crippen molar-refractivity contribution in [2.24, 2.45) is 5.41 Å². The Balaban J connectivity index is 1.97. The summed E-state index contributed by atoms with van der Waals surface area (Å²) in [5.41, 5.74) is 1.38. The largest absolute Gasteiger partial charge is 0.381 e. The third-order valence-electron chi connectivity index (χ3n) is 3.96. The lowest BCUT2D eigenvalue weighted by atomic mass is 9.82. The predicted molar refractivity (Wildman–Crippen MR) is 81.0 cm³/mol. The Bertz CT molecular complexity index is 430. The van der Waals surface area contributed by atoms with Crippen molar-refractivity contribution in [2.45, 2.75) is 32.7 Å². The summed E-state index contributed by atoms with van der Waals surface area (Å²) in [6.07, 6.45) is 2.21. The van der Waals surface area contributed by atoms with Crippen LogP contribution in [-0.4, -0.2) is 19.8 Å². The predicted octanol–water partition coefficient (Wildman–Crippen LogP) is 4.46. The van der Waals surface area contributed by atoms with E-state index in [-0.39, 0.29) is 6.04 Å². The van der Waals surface area contributed by atoms with Crippen molar-refractivity contribution in [1.29, 1.82) is 0 Å². The van der Waals surface area contributed by atoms with Crippen LogP contribution in [-0.2, 0) is 4.74 Å². The first-order valence-corrected chi connectivity index (χ1v) is 7.52. The summed E-state index contributed by atoms with van der Waals surface area (Å²) in [5, 5.41) is 5.07. The smallest absolute Gasteiger partial charge is 0.0471 e. The molecule has 0 amide bonds. The van der Waals surface area contributed by atoms with Crippen molar-refractivity contribution in [3.05, 3.63) is 33.8 Å². The molecule has 0 saturated carbocycles. The van der Waals surface area contributed by atoms with Crippen molar-refractivity contribution in [1.82, 2.24) is 5.32 Å². The lowest BCUT2D eigenvalue weighted by Gasteiger charge is -2.35. The van der Waals surface area contributed by atoms with Crippen LogP contribution in [0.25, 0.3) is 0 Å². The molecule has 2 nitrogen and oxygen atoms in total. The molecule has 0 spiro atoms. The van der Waals surface area contributed by atoms with E-state index in [0.717, 1.165) is 48.2 Å². The molecule has 106 valence electrons. The zero-order valence-corrected chi connectivity index (χ0v) is 13.0. The van der Waals surface area contributed by atoms with Gasteiger partial charge < -0.3 is 10.1 Å². The highest BCUT2D eigenvalue weighted by molar-refractivity contribution is 6.33. The molecule has 1 N–H and O–H groups in total. The summed E-state index contributed by atoms with van der Waals surface area (Å²) < 4.78 is 5.42. The number of benzene rings is 1. The normalized spacial score (nSPS) is 20.2. The van der Waals surface area contributed by atoms with Crippen LogP contribution in [0, 0.1) is 5.41 Å². The molecule has 0 aliphatic carbocycles. The van der Waals surface area contributed by atoms with Gasteiger partial charge in [0, 0.05) is 35.8 Å². The maximum Gasteiger partial charge on any atom is 0.0471 e. The Morgan fingerprint density at radius 2 is 2.00 bits per heavy atom. The van der Waals surface area contributed by atoms with Crippen molar-refractivity contribution >= 4 is 23.2 Å². The second-order valence-electron chi connectivity index (χ2n) is 5.69. The van der Waals surface area contributed by atoms with Crippen LogP contribution in [0.5, 0.6) is 0 Å². The molecule has 1 unspecified atom stereocenters. The van der Waals surface area contributed by atoms with Gasteiger partial charge in [-0.2, -0.15) is 0 Å². The lowest BCUT2D eigenvalue weighted by molar-refractivity contribution is 0.0231. The van der Waals surface area contributed by atoms with Crippen molar-refractivity contribution in [2.75, 3.05) is 19.8 Å². The molecule has 1 heterocycles. The van der Waals surface area contributed by atoms with Gasteiger partial charge in [0.25, 0.3) is 0 Å². The second kappa shape index (κ2) is 6.45. The number of halogens is 2. The van der Waals surface area contributed by atoms with Gasteiger partial charge in [0.1, 0.15) is 0 Å². The highest BCUT2D eigenvalue weighted by atomic mass is 35.5. The van der Waals surface area contributed by atoms with E-state index in [9.17, 15) is 0 Å². The number of nitrogens with one attached hydrogen (secondary N) is 1. The Morgan fingerprint density at radius 1 is 1.32 bits per heavy atom. The Labute approximate surface area is 125 Å². The molecule has 4 heteroatoms. The van der Waals surface area contributed by atoms with E-state index in [1.807, 2.05) is 18.2 Å². The minimum atomic E-state index is 0.200. The maximum absolute atomic E-state index is 6.23. The topological polar surface area (TPSA) is 21.3 Å². The average Bonchev–Trinajstić information content (AvgIpc) is 2.40. The number of ether oxygens (including phenoxy) is 1. The van der Waals surface area contributed by atoms with Crippen LogP contribution < -0.4 is 5.32 Å². The fourth-order valence-corrected chi connectivity index (χ4v) is 2.86. The number of hydrogen-bond acceptors (Lipinski definition) is 2. The molecule has 1 aromatic rings. The third kappa shape index (κ3) is 4.09. The molecule has 2 rings (SSSR count). The van der Waals surface area contributed by atoms with Gasteiger partial charge in [-0.15, -0.1) is 0 Å². The van der Waals surface area contributed by atoms with E-state index in [0.29, 0.717) is 5.41 Å². The zero-order valence-electron chi connectivity index (χ0n) is 11.5. The lowest BCUT2D eigenvalue weighted by Crippen LogP contribution is -2.37. The van der Waals surface area contributed by atoms with Crippen LogP contribution in [0.1, 0.15) is 38.3 Å². The number of rotatable bonds is 4. The first kappa shape index (κ1) is 15.1. The molecule has 19 heavy (non-hydrogen) atoms. The SMILES string of the molecule is CC(NCC1(C)CCOCC1)c1cc(Cl)ccc1Cl. The first-order valence-electron chi connectivity index (χ1n) is 6.76. The quantitative estimate of drug-likeness (QED) is 0.886. The van der Waals surface area contributed by atoms with E-state index in [1.54, 1.807) is 0 Å². The van der Waals surface area contributed by atoms with Gasteiger partial charge in [-0.05, 0) is 48.9 Å². The van der Waals surface area contributed by atoms with E-state index >= 15 is 0 Å². The number of hydrogen-bond donors (Lipinski definition) is 1. The monoisotopic (exact) mass is 301 g/mol. The summed E-state index contributed by atoms with van der Waals surface area (Å²) in [5.74, 6) is 0. The molecule has 1 aliphatic heterocycles. The van der Waals surface area contributed by atoms with Crippen LogP contribution >= 0.6 is 23.2 Å². The van der Waals surface area contributed by atoms with Crippen molar-refractivity contribution < 1.29 is 4.74 Å². The molecular formula is C15H21Cl2NO. The molecule has 1 aliphatic rings. The van der Waals surface area contributed by atoms with Crippen LogP contribution in [0.15, 0.2) is 18.2 Å². The maximum atomic E-state index is 6.23. The molecule has 0 aromatic heterocycles. The zero-order chi connectivity index (χ0) is 13.9. The highest BCUT2D eigenvalue weighted by Gasteiger charge is 2.27. The van der Waals surface area contributed by atoms with E-state index in [2.05, 4.69) is 19.2 Å². The second-order valence-corrected chi connectivity index (χ2v) is 6.54. The molecule has 0 bridgehead atoms. The standard InChI is InChI=1S/C15H21Cl2NO/c1-11(13-9-12(16)3-4-14(13)17)18-10-15(2)5-7-19-8-6-15/h3-4,9,11,18H,5-8,10H2,1-2H3. The van der Waals surface area contributed by atoms with Crippen LogP contribution in [0.2, 0.25) is 10.0 Å². The Kier molecular flexibility index (Phi) is 5.13. The van der Waals surface area contributed by atoms with Gasteiger partial charge in [0.2, 0.25) is 0 Å². The van der Waals surface area contributed by atoms with Crippen molar-refractivity contribution in [3.8, 4) is 0 Å². The summed E-state index contributed by atoms with van der Waals surface area (Å²) in [7, 11) is 0. The van der Waals surface area contributed by atoms with Gasteiger partial charge in [-0.3, -0.25) is 0 Å². The molecule has 0 radical (unpaired) electrons.